The number of hydrogen-bond acceptors (Lipinski definition) is 7. The molecule has 0 saturated carbocycles. The molecule has 6 rings (SSSR count). The summed E-state index contributed by atoms with van der Waals surface area (Å²) in [4.78, 5) is 41.8. The average Bonchev–Trinajstić information content (AvgIpc) is 3.81. The number of benzene rings is 2. The minimum Gasteiger partial charge on any atom is -0.466 e. The number of esters is 1. The summed E-state index contributed by atoms with van der Waals surface area (Å²) in [5.74, 6) is -0.936. The van der Waals surface area contributed by atoms with E-state index < -0.39 is 23.7 Å². The van der Waals surface area contributed by atoms with E-state index in [9.17, 15) is 14.4 Å². The van der Waals surface area contributed by atoms with Crippen molar-refractivity contribution in [3.63, 3.8) is 0 Å². The molecular formula is C34H40N4O6. The zero-order chi connectivity index (χ0) is 30.5. The number of methoxy groups -OCH3 is 1. The highest BCUT2D eigenvalue weighted by Gasteiger charge is 2.58. The highest BCUT2D eigenvalue weighted by Crippen LogP contribution is 2.47. The number of urea groups is 1. The number of ether oxygens (including phenoxy) is 3. The van der Waals surface area contributed by atoms with Gasteiger partial charge >= 0.3 is 12.0 Å². The van der Waals surface area contributed by atoms with Gasteiger partial charge in [-0.1, -0.05) is 54.6 Å². The average molecular weight is 601 g/mol. The molecule has 3 N–H and O–H groups in total. The predicted octanol–water partition coefficient (Wildman–Crippen LogP) is 3.36. The van der Waals surface area contributed by atoms with Gasteiger partial charge in [0.05, 0.1) is 30.4 Å². The number of piperidine rings is 1. The fourth-order valence-electron chi connectivity index (χ4n) is 6.66. The smallest absolute Gasteiger partial charge is 0.337 e. The Balaban J connectivity index is 1.18. The van der Waals surface area contributed by atoms with Gasteiger partial charge in [0, 0.05) is 38.0 Å². The van der Waals surface area contributed by atoms with Gasteiger partial charge in [0.25, 0.3) is 5.91 Å². The molecule has 10 nitrogen and oxygen atoms in total. The molecule has 4 aliphatic heterocycles. The fraction of sp³-hybridized carbons (Fsp3) is 0.441. The van der Waals surface area contributed by atoms with Crippen LogP contribution in [0.4, 0.5) is 10.5 Å². The van der Waals surface area contributed by atoms with Crippen molar-refractivity contribution in [1.29, 1.82) is 0 Å². The lowest BCUT2D eigenvalue weighted by atomic mass is 9.78. The van der Waals surface area contributed by atoms with Crippen LogP contribution in [0.2, 0.25) is 0 Å². The number of nitrogens with one attached hydrogen (secondary N) is 3. The number of rotatable bonds is 10. The van der Waals surface area contributed by atoms with Crippen molar-refractivity contribution in [2.75, 3.05) is 38.7 Å². The molecule has 4 heterocycles. The monoisotopic (exact) mass is 600 g/mol. The second-order valence-electron chi connectivity index (χ2n) is 11.8. The van der Waals surface area contributed by atoms with Crippen molar-refractivity contribution in [2.24, 2.45) is 0 Å². The van der Waals surface area contributed by atoms with Gasteiger partial charge in [-0.05, 0) is 55.9 Å². The number of nitrogens with zero attached hydrogens (tertiary/aromatic N) is 1. The molecule has 2 aromatic rings. The molecule has 10 heteroatoms. The van der Waals surface area contributed by atoms with E-state index in [-0.39, 0.29) is 35.2 Å². The Morgan fingerprint density at radius 2 is 1.75 bits per heavy atom. The first-order valence-corrected chi connectivity index (χ1v) is 15.5. The summed E-state index contributed by atoms with van der Waals surface area (Å²) < 4.78 is 17.4. The third-order valence-electron chi connectivity index (χ3n) is 8.96. The van der Waals surface area contributed by atoms with E-state index in [1.807, 2.05) is 72.8 Å². The fourth-order valence-corrected chi connectivity index (χ4v) is 6.66. The van der Waals surface area contributed by atoms with E-state index in [0.29, 0.717) is 38.9 Å². The van der Waals surface area contributed by atoms with Crippen LogP contribution in [0.5, 0.6) is 0 Å². The van der Waals surface area contributed by atoms with Crippen molar-refractivity contribution in [2.45, 2.75) is 62.0 Å². The quantitative estimate of drug-likeness (QED) is 0.283. The van der Waals surface area contributed by atoms with Crippen LogP contribution in [-0.4, -0.2) is 86.1 Å². The largest absolute Gasteiger partial charge is 0.466 e. The number of amides is 3. The summed E-state index contributed by atoms with van der Waals surface area (Å²) >= 11 is 0. The third-order valence-corrected chi connectivity index (χ3v) is 8.96. The molecule has 4 unspecified atom stereocenters. The highest BCUT2D eigenvalue weighted by molar-refractivity contribution is 6.07. The SMILES string of the molecule is COC(=O)C1=C(C(=O)NC2CCN(C(=O)NCC3CCCO3)CC2)C2C=CC1(C(Cc1ccccc1)Nc1ccccc1)O2. The Kier molecular flexibility index (Phi) is 8.99. The first-order chi connectivity index (χ1) is 21.5. The maximum absolute atomic E-state index is 13.9. The topological polar surface area (TPSA) is 118 Å². The minimum atomic E-state index is -1.21. The molecular weight excluding hydrogens is 560 g/mol. The molecule has 2 aromatic carbocycles. The molecule has 4 aliphatic rings. The molecule has 4 atom stereocenters. The second-order valence-corrected chi connectivity index (χ2v) is 11.8. The summed E-state index contributed by atoms with van der Waals surface area (Å²) in [5.41, 5.74) is 1.23. The second kappa shape index (κ2) is 13.2. The summed E-state index contributed by atoms with van der Waals surface area (Å²) in [6, 6.07) is 19.1. The van der Waals surface area contributed by atoms with Crippen LogP contribution in [0, 0.1) is 0 Å². The first-order valence-electron chi connectivity index (χ1n) is 15.5. The molecule has 2 saturated heterocycles. The maximum Gasteiger partial charge on any atom is 0.337 e. The summed E-state index contributed by atoms with van der Waals surface area (Å²) in [5, 5.41) is 9.68. The highest BCUT2D eigenvalue weighted by atomic mass is 16.5. The Morgan fingerprint density at radius 3 is 2.43 bits per heavy atom. The molecule has 3 amide bonds. The van der Waals surface area contributed by atoms with Gasteiger partial charge < -0.3 is 35.1 Å². The van der Waals surface area contributed by atoms with E-state index in [2.05, 4.69) is 16.0 Å². The molecule has 0 aromatic heterocycles. The molecule has 44 heavy (non-hydrogen) atoms. The van der Waals surface area contributed by atoms with E-state index in [0.717, 1.165) is 30.7 Å². The number of para-hydroxylation sites is 1. The standard InChI is InChI=1S/C34H40N4O6/c1-42-32(40)30-29(31(39)37-25-15-18-38(19-16-25)33(41)35-22-26-13-8-20-43-26)27-14-17-34(30,44-27)28(21-23-9-4-2-5-10-23)36-24-11-6-3-7-12-24/h2-7,9-12,14,17,25-28,36H,8,13,15-16,18-22H2,1H3,(H,35,41)(H,37,39). The van der Waals surface area contributed by atoms with Crippen LogP contribution in [0.25, 0.3) is 0 Å². The molecule has 0 aliphatic carbocycles. The number of carbonyl (C=O) groups is 3. The lowest BCUT2D eigenvalue weighted by Crippen LogP contribution is -2.51. The number of likely N-dealkylation sites (tertiary alicyclic amines) is 1. The van der Waals surface area contributed by atoms with Crippen molar-refractivity contribution in [3.8, 4) is 0 Å². The normalized spacial score (nSPS) is 25.2. The van der Waals surface area contributed by atoms with Crippen LogP contribution in [0.15, 0.2) is 84.0 Å². The first kappa shape index (κ1) is 29.9. The molecule has 232 valence electrons. The van der Waals surface area contributed by atoms with Gasteiger partial charge in [0.2, 0.25) is 0 Å². The van der Waals surface area contributed by atoms with Gasteiger partial charge in [0.1, 0.15) is 11.7 Å². The Bertz CT molecular complexity index is 1360. The van der Waals surface area contributed by atoms with Gasteiger partial charge in [-0.25, -0.2) is 9.59 Å². The van der Waals surface area contributed by atoms with Gasteiger partial charge in [-0.3, -0.25) is 4.79 Å². The number of anilines is 1. The van der Waals surface area contributed by atoms with Gasteiger partial charge in [-0.2, -0.15) is 0 Å². The number of carbonyl (C=O) groups excluding carboxylic acids is 3. The van der Waals surface area contributed by atoms with Gasteiger partial charge in [-0.15, -0.1) is 0 Å². The van der Waals surface area contributed by atoms with Crippen LogP contribution in [-0.2, 0) is 30.2 Å². The summed E-state index contributed by atoms with van der Waals surface area (Å²) in [7, 11) is 1.32. The number of hydrogen-bond donors (Lipinski definition) is 3. The predicted molar refractivity (Wildman–Crippen MR) is 165 cm³/mol. The lowest BCUT2D eigenvalue weighted by Gasteiger charge is -2.36. The molecule has 0 spiro atoms. The Hall–Kier alpha value is -4.15. The zero-order valence-corrected chi connectivity index (χ0v) is 25.0. The van der Waals surface area contributed by atoms with Crippen LogP contribution < -0.4 is 16.0 Å². The van der Waals surface area contributed by atoms with E-state index >= 15 is 0 Å². The zero-order valence-electron chi connectivity index (χ0n) is 25.0. The van der Waals surface area contributed by atoms with Crippen molar-refractivity contribution < 1.29 is 28.6 Å². The number of fused-ring (bicyclic) bond motifs is 2. The lowest BCUT2D eigenvalue weighted by molar-refractivity contribution is -0.138. The summed E-state index contributed by atoms with van der Waals surface area (Å²) in [6.07, 6.45) is 6.90. The Labute approximate surface area is 257 Å². The van der Waals surface area contributed by atoms with Gasteiger partial charge in [0.15, 0.2) is 0 Å². The van der Waals surface area contributed by atoms with Crippen LogP contribution >= 0.6 is 0 Å². The van der Waals surface area contributed by atoms with Crippen molar-refractivity contribution >= 4 is 23.6 Å². The molecule has 2 bridgehead atoms. The summed E-state index contributed by atoms with van der Waals surface area (Å²) in [6.45, 7) is 2.31. The van der Waals surface area contributed by atoms with Crippen LogP contribution in [0.1, 0.15) is 31.2 Å². The third kappa shape index (κ3) is 6.23. The van der Waals surface area contributed by atoms with Crippen molar-refractivity contribution in [3.05, 3.63) is 89.5 Å². The van der Waals surface area contributed by atoms with Crippen LogP contribution in [0.3, 0.4) is 0 Å². The molecule has 0 radical (unpaired) electrons. The maximum atomic E-state index is 13.9. The Morgan fingerprint density at radius 1 is 1.02 bits per heavy atom. The molecule has 2 fully saturated rings. The van der Waals surface area contributed by atoms with Crippen molar-refractivity contribution in [1.82, 2.24) is 15.5 Å². The van der Waals surface area contributed by atoms with E-state index in [1.54, 1.807) is 4.90 Å². The van der Waals surface area contributed by atoms with E-state index in [1.165, 1.54) is 7.11 Å². The minimum absolute atomic E-state index is 0.0875. The van der Waals surface area contributed by atoms with E-state index in [4.69, 9.17) is 14.2 Å².